The van der Waals surface area contributed by atoms with E-state index in [1.807, 2.05) is 76.7 Å². The fourth-order valence-corrected chi connectivity index (χ4v) is 2.26. The van der Waals surface area contributed by atoms with Gasteiger partial charge in [-0.2, -0.15) is 0 Å². The second-order valence-electron chi connectivity index (χ2n) is 6.58. The maximum atomic E-state index is 6.77. The SMILES string of the molecule is C.C.C.C.[3H]CCCN(C)C.[3H]CCCN(C)C.[K+].[c-]1c2ccccc2nc2ccccc12. The van der Waals surface area contributed by atoms with Crippen LogP contribution in [0.1, 0.15) is 59.1 Å². The summed E-state index contributed by atoms with van der Waals surface area (Å²) in [4.78, 5) is 8.73. The first kappa shape index (κ1) is 35.3. The molecule has 0 aliphatic heterocycles. The second-order valence-corrected chi connectivity index (χ2v) is 6.58. The van der Waals surface area contributed by atoms with E-state index in [2.05, 4.69) is 20.9 Å². The van der Waals surface area contributed by atoms with Gasteiger partial charge < -0.3 is 14.8 Å². The summed E-state index contributed by atoms with van der Waals surface area (Å²) >= 11 is 0. The molecule has 4 heteroatoms. The number of aromatic nitrogens is 1. The Hall–Kier alpha value is -0.334. The molecule has 3 rings (SSSR count). The van der Waals surface area contributed by atoms with E-state index in [4.69, 9.17) is 2.74 Å². The van der Waals surface area contributed by atoms with Crippen LogP contribution in [0.15, 0.2) is 48.5 Å². The van der Waals surface area contributed by atoms with E-state index in [0.29, 0.717) is 13.8 Å². The summed E-state index contributed by atoms with van der Waals surface area (Å²) in [6.45, 7) is 3.20. The number of rotatable bonds is 4. The van der Waals surface area contributed by atoms with E-state index in [0.717, 1.165) is 47.7 Å². The van der Waals surface area contributed by atoms with E-state index in [-0.39, 0.29) is 81.1 Å². The van der Waals surface area contributed by atoms with Gasteiger partial charge in [0.05, 0.1) is 0 Å². The van der Waals surface area contributed by atoms with Crippen molar-refractivity contribution in [2.24, 2.45) is 0 Å². The molecule has 0 atom stereocenters. The predicted molar refractivity (Wildman–Crippen MR) is 143 cm³/mol. The minimum absolute atomic E-state index is 0. The van der Waals surface area contributed by atoms with Gasteiger partial charge in [-0.25, -0.2) is 0 Å². The zero-order chi connectivity index (χ0) is 20.8. The molecular formula is C27H50KN3. The third-order valence-corrected chi connectivity index (χ3v) is 3.53. The van der Waals surface area contributed by atoms with Crippen molar-refractivity contribution in [3.05, 3.63) is 54.6 Å². The average molecular weight is 460 g/mol. The zero-order valence-corrected chi connectivity index (χ0v) is 20.8. The van der Waals surface area contributed by atoms with Crippen LogP contribution in [0.25, 0.3) is 21.8 Å². The third kappa shape index (κ3) is 17.9. The number of nitrogens with zero attached hydrogens (tertiary/aromatic N) is 3. The van der Waals surface area contributed by atoms with E-state index >= 15 is 0 Å². The average Bonchev–Trinajstić information content (AvgIpc) is 2.70. The molecule has 1 heterocycles. The first-order valence-electron chi connectivity index (χ1n) is 10.4. The van der Waals surface area contributed by atoms with Crippen molar-refractivity contribution in [2.75, 3.05) is 41.3 Å². The van der Waals surface area contributed by atoms with Crippen LogP contribution >= 0.6 is 0 Å². The Morgan fingerprint density at radius 1 is 0.710 bits per heavy atom. The molecule has 0 unspecified atom stereocenters. The molecule has 2 aromatic carbocycles. The standard InChI is InChI=1S/C13H8N.2C5H13N.4CH4.K/c1-3-7-12-10(5-1)9-11-6-2-4-8-13(11)14-12;2*1-4-5-6(2)3;;;;;/h1-8H;2*4-5H2,1-3H3;4*1H4;/q-1;;;;;;;+1/i;2*1T;;;;;. The number of para-hydroxylation sites is 2. The fourth-order valence-electron chi connectivity index (χ4n) is 2.26. The third-order valence-electron chi connectivity index (χ3n) is 3.53. The van der Waals surface area contributed by atoms with Crippen LogP contribution in [0.3, 0.4) is 0 Å². The Balaban J connectivity index is -0.000000122. The van der Waals surface area contributed by atoms with E-state index in [1.165, 1.54) is 0 Å². The maximum absolute atomic E-state index is 6.77. The second kappa shape index (κ2) is 24.3. The summed E-state index contributed by atoms with van der Waals surface area (Å²) in [6, 6.07) is 19.5. The largest absolute Gasteiger partial charge is 1.00 e. The normalized spacial score (nSPS) is 9.61. The molecule has 3 aromatic rings. The molecular weight excluding hydrogens is 405 g/mol. The summed E-state index contributed by atoms with van der Waals surface area (Å²) in [5.41, 5.74) is 2.01. The topological polar surface area (TPSA) is 19.4 Å². The predicted octanol–water partition coefficient (Wildman–Crippen LogP) is 4.65. The molecule has 1 aromatic heterocycles. The van der Waals surface area contributed by atoms with Crippen molar-refractivity contribution < 1.29 is 54.1 Å². The van der Waals surface area contributed by atoms with Crippen molar-refractivity contribution in [2.45, 2.75) is 56.3 Å². The van der Waals surface area contributed by atoms with E-state index in [1.54, 1.807) is 0 Å². The Kier molecular flexibility index (Phi) is 27.7. The molecule has 0 fully saturated rings. The first-order chi connectivity index (χ1) is 13.5. The summed E-state index contributed by atoms with van der Waals surface area (Å²) in [5, 5.41) is 2.15. The van der Waals surface area contributed by atoms with Gasteiger partial charge in [-0.05, 0) is 65.2 Å². The molecule has 0 saturated carbocycles. The minimum Gasteiger partial charge on any atom is -0.326 e. The van der Waals surface area contributed by atoms with Crippen molar-refractivity contribution in [3.8, 4) is 0 Å². The van der Waals surface area contributed by atoms with Gasteiger partial charge >= 0.3 is 51.4 Å². The smallest absolute Gasteiger partial charge is 0.326 e. The maximum Gasteiger partial charge on any atom is 1.00 e. The monoisotopic (exact) mass is 459 g/mol. The van der Waals surface area contributed by atoms with Gasteiger partial charge in [-0.3, -0.25) is 0 Å². The molecule has 31 heavy (non-hydrogen) atoms. The Bertz CT molecular complexity index is 681. The quantitative estimate of drug-likeness (QED) is 0.321. The Morgan fingerprint density at radius 2 is 1.06 bits per heavy atom. The summed E-state index contributed by atoms with van der Waals surface area (Å²) < 4.78 is 13.5. The van der Waals surface area contributed by atoms with Crippen molar-refractivity contribution in [1.82, 2.24) is 14.8 Å². The van der Waals surface area contributed by atoms with Crippen molar-refractivity contribution >= 4 is 21.8 Å². The van der Waals surface area contributed by atoms with E-state index < -0.39 is 0 Å². The molecule has 3 nitrogen and oxygen atoms in total. The molecule has 0 bridgehead atoms. The molecule has 0 N–H and O–H groups in total. The first-order valence-corrected chi connectivity index (χ1v) is 9.02. The molecule has 0 aliphatic carbocycles. The number of hydrogen-bond donors (Lipinski definition) is 0. The van der Waals surface area contributed by atoms with Crippen LogP contribution in [-0.4, -0.2) is 56.1 Å². The number of pyridine rings is 1. The van der Waals surface area contributed by atoms with Crippen LogP contribution in [-0.2, 0) is 0 Å². The van der Waals surface area contributed by atoms with Gasteiger partial charge in [0.15, 0.2) is 0 Å². The molecule has 0 saturated heterocycles. The van der Waals surface area contributed by atoms with Gasteiger partial charge in [-0.1, -0.05) is 90.7 Å². The fraction of sp³-hybridized carbons (Fsp3) is 0.519. The van der Waals surface area contributed by atoms with Gasteiger partial charge in [0, 0.05) is 2.74 Å². The van der Waals surface area contributed by atoms with Gasteiger partial charge in [0.25, 0.3) is 0 Å². The van der Waals surface area contributed by atoms with Crippen LogP contribution < -0.4 is 51.4 Å². The zero-order valence-electron chi connectivity index (χ0n) is 19.7. The molecule has 0 aliphatic rings. The van der Waals surface area contributed by atoms with Crippen LogP contribution in [0.2, 0.25) is 0 Å². The molecule has 174 valence electrons. The number of benzene rings is 2. The summed E-state index contributed by atoms with van der Waals surface area (Å²) in [6.07, 6.45) is 1.99. The number of hydrogen-bond acceptors (Lipinski definition) is 3. The van der Waals surface area contributed by atoms with Crippen molar-refractivity contribution in [1.29, 1.82) is 0 Å². The van der Waals surface area contributed by atoms with Crippen LogP contribution in [0.5, 0.6) is 0 Å². The summed E-state index contributed by atoms with van der Waals surface area (Å²) in [5.74, 6) is 0. The van der Waals surface area contributed by atoms with Gasteiger partial charge in [0.1, 0.15) is 0 Å². The minimum atomic E-state index is 0. The van der Waals surface area contributed by atoms with Gasteiger partial charge in [0.2, 0.25) is 0 Å². The van der Waals surface area contributed by atoms with E-state index in [9.17, 15) is 0 Å². The molecule has 0 radical (unpaired) electrons. The van der Waals surface area contributed by atoms with Gasteiger partial charge in [-0.15, -0.1) is 18.2 Å². The Morgan fingerprint density at radius 3 is 1.35 bits per heavy atom. The molecule has 0 spiro atoms. The van der Waals surface area contributed by atoms with Crippen LogP contribution in [0.4, 0.5) is 0 Å². The molecule has 0 amide bonds. The Labute approximate surface area is 240 Å². The summed E-state index contributed by atoms with van der Waals surface area (Å²) in [7, 11) is 8.09. The number of fused-ring (bicyclic) bond motifs is 2. The van der Waals surface area contributed by atoms with Crippen LogP contribution in [0, 0.1) is 6.07 Å². The van der Waals surface area contributed by atoms with Crippen molar-refractivity contribution in [3.63, 3.8) is 0 Å².